The number of halogens is 1. The van der Waals surface area contributed by atoms with Crippen LogP contribution >= 0.6 is 11.6 Å². The van der Waals surface area contributed by atoms with Crippen molar-refractivity contribution >= 4 is 11.6 Å². The molecule has 4 nitrogen and oxygen atoms in total. The van der Waals surface area contributed by atoms with Gasteiger partial charge in [0.15, 0.2) is 0 Å². The van der Waals surface area contributed by atoms with E-state index in [0.717, 1.165) is 17.7 Å². The van der Waals surface area contributed by atoms with Crippen LogP contribution in [-0.2, 0) is 15.4 Å². The fourth-order valence-electron chi connectivity index (χ4n) is 1.24. The predicted octanol–water partition coefficient (Wildman–Crippen LogP) is 2.25. The van der Waals surface area contributed by atoms with Gasteiger partial charge < -0.3 is 14.2 Å². The molecule has 0 amide bonds. The number of nitrogens with zero attached hydrogens (tertiary/aromatic N) is 1. The van der Waals surface area contributed by atoms with Gasteiger partial charge in [-0.05, 0) is 6.07 Å². The Labute approximate surface area is 107 Å². The zero-order valence-corrected chi connectivity index (χ0v) is 10.8. The van der Waals surface area contributed by atoms with Gasteiger partial charge in [0.1, 0.15) is 5.75 Å². The lowest BCUT2D eigenvalue weighted by Crippen LogP contribution is -2.07. The molecule has 0 fully saturated rings. The number of rotatable bonds is 9. The highest BCUT2D eigenvalue weighted by Crippen LogP contribution is 2.18. The van der Waals surface area contributed by atoms with Gasteiger partial charge in [0, 0.05) is 38.1 Å². The lowest BCUT2D eigenvalue weighted by atomic mass is 10.3. The average molecular weight is 260 g/mol. The van der Waals surface area contributed by atoms with Crippen LogP contribution in [0.4, 0.5) is 0 Å². The van der Waals surface area contributed by atoms with E-state index >= 15 is 0 Å². The summed E-state index contributed by atoms with van der Waals surface area (Å²) in [5, 5.41) is 0. The molecule has 0 aliphatic heterocycles. The van der Waals surface area contributed by atoms with Gasteiger partial charge >= 0.3 is 0 Å². The Morgan fingerprint density at radius 1 is 1.24 bits per heavy atom. The van der Waals surface area contributed by atoms with E-state index < -0.39 is 0 Å². The van der Waals surface area contributed by atoms with Crippen molar-refractivity contribution in [2.24, 2.45) is 0 Å². The number of methoxy groups -OCH3 is 1. The van der Waals surface area contributed by atoms with Crippen LogP contribution in [0.15, 0.2) is 18.5 Å². The fourth-order valence-corrected chi connectivity index (χ4v) is 1.44. The lowest BCUT2D eigenvalue weighted by Gasteiger charge is -2.09. The summed E-state index contributed by atoms with van der Waals surface area (Å²) in [6.45, 7) is 2.53. The highest BCUT2D eigenvalue weighted by molar-refractivity contribution is 6.17. The number of ether oxygens (including phenoxy) is 3. The van der Waals surface area contributed by atoms with Gasteiger partial charge in [-0.3, -0.25) is 4.98 Å². The van der Waals surface area contributed by atoms with Crippen molar-refractivity contribution in [3.63, 3.8) is 0 Å². The van der Waals surface area contributed by atoms with E-state index in [0.29, 0.717) is 32.3 Å². The molecular formula is C12H18ClNO3. The van der Waals surface area contributed by atoms with Crippen molar-refractivity contribution in [1.82, 2.24) is 4.98 Å². The molecule has 0 unspecified atom stereocenters. The highest BCUT2D eigenvalue weighted by Gasteiger charge is 2.01. The normalized spacial score (nSPS) is 10.5. The zero-order chi connectivity index (χ0) is 12.3. The molecule has 17 heavy (non-hydrogen) atoms. The molecule has 0 aromatic carbocycles. The van der Waals surface area contributed by atoms with Crippen molar-refractivity contribution in [3.8, 4) is 5.75 Å². The van der Waals surface area contributed by atoms with Crippen LogP contribution in [0.1, 0.15) is 12.0 Å². The molecule has 0 aliphatic carbocycles. The molecule has 1 aromatic heterocycles. The second-order valence-corrected chi connectivity index (χ2v) is 3.69. The Morgan fingerprint density at radius 2 is 2.12 bits per heavy atom. The first kappa shape index (κ1) is 14.2. The lowest BCUT2D eigenvalue weighted by molar-refractivity contribution is 0.0644. The van der Waals surface area contributed by atoms with Crippen LogP contribution in [-0.4, -0.2) is 38.5 Å². The van der Waals surface area contributed by atoms with Gasteiger partial charge in [0.25, 0.3) is 0 Å². The van der Waals surface area contributed by atoms with Crippen LogP contribution < -0.4 is 4.74 Å². The molecule has 0 aliphatic rings. The number of hydrogen-bond donors (Lipinski definition) is 0. The maximum absolute atomic E-state index is 5.77. The van der Waals surface area contributed by atoms with E-state index in [1.165, 1.54) is 0 Å². The number of aromatic nitrogens is 1. The minimum Gasteiger partial charge on any atom is -0.493 e. The molecule has 0 saturated carbocycles. The van der Waals surface area contributed by atoms with E-state index in [4.69, 9.17) is 25.8 Å². The van der Waals surface area contributed by atoms with E-state index in [2.05, 4.69) is 4.98 Å². The third-order valence-corrected chi connectivity index (χ3v) is 2.41. The third kappa shape index (κ3) is 5.86. The average Bonchev–Trinajstić information content (AvgIpc) is 2.38. The Hall–Kier alpha value is -0.840. The Morgan fingerprint density at radius 3 is 2.88 bits per heavy atom. The van der Waals surface area contributed by atoms with Crippen LogP contribution in [0.25, 0.3) is 0 Å². The Kier molecular flexibility index (Phi) is 7.71. The van der Waals surface area contributed by atoms with Crippen molar-refractivity contribution in [2.75, 3.05) is 33.5 Å². The molecule has 0 N–H and O–H groups in total. The molecule has 0 saturated heterocycles. The quantitative estimate of drug-likeness (QED) is 0.504. The smallest absolute Gasteiger partial charge is 0.126 e. The first-order chi connectivity index (χ1) is 8.38. The molecule has 0 atom stereocenters. The van der Waals surface area contributed by atoms with Crippen molar-refractivity contribution in [2.45, 2.75) is 12.3 Å². The van der Waals surface area contributed by atoms with Gasteiger partial charge in [-0.25, -0.2) is 0 Å². The molecule has 1 heterocycles. The van der Waals surface area contributed by atoms with Gasteiger partial charge in [-0.1, -0.05) is 0 Å². The molecule has 0 radical (unpaired) electrons. The number of pyridine rings is 1. The van der Waals surface area contributed by atoms with E-state index in [1.807, 2.05) is 6.07 Å². The summed E-state index contributed by atoms with van der Waals surface area (Å²) >= 11 is 5.77. The SMILES string of the molecule is COCCOCCCOc1ccncc1CCl. The first-order valence-corrected chi connectivity index (χ1v) is 6.10. The third-order valence-electron chi connectivity index (χ3n) is 2.13. The van der Waals surface area contributed by atoms with Crippen molar-refractivity contribution in [1.29, 1.82) is 0 Å². The summed E-state index contributed by atoms with van der Waals surface area (Å²) in [6, 6.07) is 1.82. The monoisotopic (exact) mass is 259 g/mol. The van der Waals surface area contributed by atoms with Gasteiger partial charge in [0.2, 0.25) is 0 Å². The molecule has 0 bridgehead atoms. The summed E-state index contributed by atoms with van der Waals surface area (Å²) in [7, 11) is 1.66. The second kappa shape index (κ2) is 9.22. The summed E-state index contributed by atoms with van der Waals surface area (Å²) in [5.41, 5.74) is 0.912. The number of alkyl halides is 1. The Balaban J connectivity index is 2.13. The summed E-state index contributed by atoms with van der Waals surface area (Å²) in [5.74, 6) is 1.21. The van der Waals surface area contributed by atoms with E-state index in [9.17, 15) is 0 Å². The minimum absolute atomic E-state index is 0.410. The van der Waals surface area contributed by atoms with Crippen LogP contribution in [0.2, 0.25) is 0 Å². The second-order valence-electron chi connectivity index (χ2n) is 3.42. The van der Waals surface area contributed by atoms with E-state index in [-0.39, 0.29) is 0 Å². The largest absolute Gasteiger partial charge is 0.493 e. The van der Waals surface area contributed by atoms with Crippen LogP contribution in [0, 0.1) is 0 Å². The zero-order valence-electron chi connectivity index (χ0n) is 10.0. The Bertz CT molecular complexity index is 310. The highest BCUT2D eigenvalue weighted by atomic mass is 35.5. The summed E-state index contributed by atoms with van der Waals surface area (Å²) < 4.78 is 15.8. The fraction of sp³-hybridized carbons (Fsp3) is 0.583. The van der Waals surface area contributed by atoms with Crippen LogP contribution in [0.3, 0.4) is 0 Å². The summed E-state index contributed by atoms with van der Waals surface area (Å²) in [6.07, 6.45) is 4.26. The van der Waals surface area contributed by atoms with E-state index in [1.54, 1.807) is 19.5 Å². The van der Waals surface area contributed by atoms with Crippen molar-refractivity contribution in [3.05, 3.63) is 24.0 Å². The summed E-state index contributed by atoms with van der Waals surface area (Å²) in [4.78, 5) is 3.99. The maximum atomic E-state index is 5.77. The topological polar surface area (TPSA) is 40.6 Å². The predicted molar refractivity (Wildman–Crippen MR) is 66.6 cm³/mol. The first-order valence-electron chi connectivity index (χ1n) is 5.56. The molecule has 0 spiro atoms. The number of hydrogen-bond acceptors (Lipinski definition) is 4. The molecule has 1 rings (SSSR count). The van der Waals surface area contributed by atoms with Gasteiger partial charge in [0.05, 0.1) is 25.7 Å². The van der Waals surface area contributed by atoms with Gasteiger partial charge in [-0.15, -0.1) is 11.6 Å². The molecule has 1 aromatic rings. The molecule has 96 valence electrons. The van der Waals surface area contributed by atoms with Crippen molar-refractivity contribution < 1.29 is 14.2 Å². The van der Waals surface area contributed by atoms with Gasteiger partial charge in [-0.2, -0.15) is 0 Å². The maximum Gasteiger partial charge on any atom is 0.126 e. The minimum atomic E-state index is 0.410. The standard InChI is InChI=1S/C12H18ClNO3/c1-15-7-8-16-5-2-6-17-12-3-4-14-10-11(12)9-13/h3-4,10H,2,5-9H2,1H3. The molecule has 5 heteroatoms. The molecular weight excluding hydrogens is 242 g/mol. The van der Waals surface area contributed by atoms with Crippen LogP contribution in [0.5, 0.6) is 5.75 Å².